The molecule has 0 saturated heterocycles. The van der Waals surface area contributed by atoms with Crippen molar-refractivity contribution >= 4 is 17.1 Å². The summed E-state index contributed by atoms with van der Waals surface area (Å²) in [6, 6.07) is 7.47. The Balaban J connectivity index is 2.06. The molecule has 3 aromatic rings. The zero-order valence-electron chi connectivity index (χ0n) is 13.5. The first-order valence-electron chi connectivity index (χ1n) is 7.49. The van der Waals surface area contributed by atoms with Crippen LogP contribution in [0.3, 0.4) is 0 Å². The Morgan fingerprint density at radius 3 is 2.64 bits per heavy atom. The summed E-state index contributed by atoms with van der Waals surface area (Å²) < 4.78 is 39.0. The number of hydrogen-bond acceptors (Lipinski definition) is 6. The van der Waals surface area contributed by atoms with Gasteiger partial charge in [0.1, 0.15) is 5.75 Å². The van der Waals surface area contributed by atoms with E-state index in [9.17, 15) is 13.6 Å². The van der Waals surface area contributed by atoms with Gasteiger partial charge in [0.25, 0.3) is 5.71 Å². The maximum Gasteiger partial charge on any atom is 0.387 e. The van der Waals surface area contributed by atoms with E-state index >= 15 is 0 Å². The molecule has 0 atom stereocenters. The predicted molar refractivity (Wildman–Crippen MR) is 84.6 cm³/mol. The molecule has 0 radical (unpaired) electrons. The van der Waals surface area contributed by atoms with Crippen LogP contribution >= 0.6 is 0 Å². The van der Waals surface area contributed by atoms with Crippen LogP contribution in [-0.2, 0) is 4.74 Å². The molecule has 0 fully saturated rings. The monoisotopic (exact) mass is 348 g/mol. The Labute approximate surface area is 141 Å². The number of esters is 1. The largest absolute Gasteiger partial charge is 0.462 e. The Hall–Kier alpha value is -3.03. The van der Waals surface area contributed by atoms with Crippen LogP contribution in [0.25, 0.3) is 22.4 Å². The van der Waals surface area contributed by atoms with Gasteiger partial charge in [-0.15, -0.1) is 0 Å². The molecule has 0 saturated carbocycles. The van der Waals surface area contributed by atoms with Crippen molar-refractivity contribution in [2.75, 3.05) is 6.61 Å². The molecule has 130 valence electrons. The second-order valence-electron chi connectivity index (χ2n) is 5.13. The molecule has 2 aromatic heterocycles. The average molecular weight is 348 g/mol. The molecular formula is C17H14F2N2O4. The molecule has 0 spiro atoms. The van der Waals surface area contributed by atoms with Gasteiger partial charge in [-0.2, -0.15) is 8.78 Å². The van der Waals surface area contributed by atoms with Crippen LogP contribution in [-0.4, -0.2) is 29.3 Å². The van der Waals surface area contributed by atoms with Crippen molar-refractivity contribution < 1.29 is 27.6 Å². The average Bonchev–Trinajstić information content (AvgIpc) is 2.96. The van der Waals surface area contributed by atoms with Gasteiger partial charge in [0.05, 0.1) is 28.9 Å². The smallest absolute Gasteiger partial charge is 0.387 e. The van der Waals surface area contributed by atoms with Crippen molar-refractivity contribution in [3.05, 3.63) is 41.6 Å². The number of benzene rings is 1. The van der Waals surface area contributed by atoms with E-state index in [2.05, 4.69) is 14.9 Å². The molecule has 2 heterocycles. The van der Waals surface area contributed by atoms with Crippen molar-refractivity contribution in [3.8, 4) is 17.0 Å². The number of pyridine rings is 1. The predicted octanol–water partition coefficient (Wildman–Crippen LogP) is 3.98. The summed E-state index contributed by atoms with van der Waals surface area (Å²) >= 11 is 0. The maximum atomic E-state index is 12.2. The summed E-state index contributed by atoms with van der Waals surface area (Å²) in [4.78, 5) is 16.6. The number of carbonyl (C=O) groups excluding carboxylic acids is 1. The SMILES string of the molecule is CCOC(=O)c1cc(-c2ccc(OC(F)F)cc2)nc2onc(C)c12. The number of rotatable bonds is 5. The van der Waals surface area contributed by atoms with Crippen LogP contribution in [0.15, 0.2) is 34.9 Å². The lowest BCUT2D eigenvalue weighted by molar-refractivity contribution is -0.0498. The molecule has 1 aromatic carbocycles. The highest BCUT2D eigenvalue weighted by atomic mass is 19.3. The molecule has 6 nitrogen and oxygen atoms in total. The van der Waals surface area contributed by atoms with E-state index in [0.717, 1.165) is 0 Å². The Bertz CT molecular complexity index is 907. The van der Waals surface area contributed by atoms with Crippen LogP contribution in [0.4, 0.5) is 8.78 Å². The van der Waals surface area contributed by atoms with E-state index in [1.807, 2.05) is 0 Å². The Morgan fingerprint density at radius 2 is 2.00 bits per heavy atom. The quantitative estimate of drug-likeness (QED) is 0.649. The van der Waals surface area contributed by atoms with Crippen molar-refractivity contribution in [1.29, 1.82) is 0 Å². The summed E-state index contributed by atoms with van der Waals surface area (Å²) in [7, 11) is 0. The molecule has 0 N–H and O–H groups in total. The number of ether oxygens (including phenoxy) is 2. The minimum atomic E-state index is -2.90. The van der Waals surface area contributed by atoms with Crippen molar-refractivity contribution in [2.45, 2.75) is 20.5 Å². The molecule has 0 amide bonds. The molecular weight excluding hydrogens is 334 g/mol. The fraction of sp³-hybridized carbons (Fsp3) is 0.235. The molecule has 0 unspecified atom stereocenters. The van der Waals surface area contributed by atoms with Crippen LogP contribution in [0.2, 0.25) is 0 Å². The number of hydrogen-bond donors (Lipinski definition) is 0. The van der Waals surface area contributed by atoms with Crippen molar-refractivity contribution in [1.82, 2.24) is 10.1 Å². The first-order chi connectivity index (χ1) is 12.0. The zero-order chi connectivity index (χ0) is 18.0. The summed E-state index contributed by atoms with van der Waals surface area (Å²) in [5.41, 5.74) is 2.04. The van der Waals surface area contributed by atoms with Crippen molar-refractivity contribution in [3.63, 3.8) is 0 Å². The third-order valence-electron chi connectivity index (χ3n) is 3.49. The normalized spacial score (nSPS) is 11.1. The lowest BCUT2D eigenvalue weighted by Crippen LogP contribution is -2.06. The number of halogens is 2. The second-order valence-corrected chi connectivity index (χ2v) is 5.13. The molecule has 0 aliphatic rings. The van der Waals surface area contributed by atoms with Gasteiger partial charge in [-0.1, -0.05) is 5.16 Å². The second kappa shape index (κ2) is 6.84. The number of carbonyl (C=O) groups is 1. The summed E-state index contributed by atoms with van der Waals surface area (Å²) in [5.74, 6) is -0.485. The highest BCUT2D eigenvalue weighted by Crippen LogP contribution is 2.28. The summed E-state index contributed by atoms with van der Waals surface area (Å²) in [6.07, 6.45) is 0. The number of alkyl halides is 2. The first kappa shape index (κ1) is 16.8. The summed E-state index contributed by atoms with van der Waals surface area (Å²) in [6.45, 7) is 0.737. The third-order valence-corrected chi connectivity index (χ3v) is 3.49. The lowest BCUT2D eigenvalue weighted by atomic mass is 10.1. The van der Waals surface area contributed by atoms with E-state index in [0.29, 0.717) is 22.3 Å². The molecule has 0 aliphatic heterocycles. The summed E-state index contributed by atoms with van der Waals surface area (Å²) in [5, 5.41) is 4.32. The first-order valence-corrected chi connectivity index (χ1v) is 7.49. The standard InChI is InChI=1S/C17H14F2N2O4/c1-3-23-16(22)12-8-13(20-15-14(12)9(2)21-25-15)10-4-6-11(7-5-10)24-17(18)19/h4-8,17H,3H2,1-2H3. The zero-order valence-corrected chi connectivity index (χ0v) is 13.5. The van der Waals surface area contributed by atoms with Gasteiger partial charge in [0.2, 0.25) is 0 Å². The van der Waals surface area contributed by atoms with Gasteiger partial charge < -0.3 is 14.0 Å². The van der Waals surface area contributed by atoms with Crippen LogP contribution in [0, 0.1) is 6.92 Å². The van der Waals surface area contributed by atoms with E-state index in [-0.39, 0.29) is 23.6 Å². The van der Waals surface area contributed by atoms with E-state index < -0.39 is 12.6 Å². The number of nitrogens with zero attached hydrogens (tertiary/aromatic N) is 2. The van der Waals surface area contributed by atoms with Crippen LogP contribution in [0.5, 0.6) is 5.75 Å². The third kappa shape index (κ3) is 3.42. The molecule has 8 heteroatoms. The molecule has 0 bridgehead atoms. The lowest BCUT2D eigenvalue weighted by Gasteiger charge is -2.08. The fourth-order valence-electron chi connectivity index (χ4n) is 2.42. The van der Waals surface area contributed by atoms with E-state index in [1.54, 1.807) is 32.0 Å². The van der Waals surface area contributed by atoms with Gasteiger partial charge >= 0.3 is 12.6 Å². The van der Waals surface area contributed by atoms with Gasteiger partial charge in [-0.25, -0.2) is 9.78 Å². The molecule has 0 aliphatic carbocycles. The highest BCUT2D eigenvalue weighted by Gasteiger charge is 2.20. The van der Waals surface area contributed by atoms with Crippen LogP contribution < -0.4 is 4.74 Å². The van der Waals surface area contributed by atoms with Gasteiger partial charge in [-0.3, -0.25) is 0 Å². The molecule has 25 heavy (non-hydrogen) atoms. The fourth-order valence-corrected chi connectivity index (χ4v) is 2.42. The maximum absolute atomic E-state index is 12.2. The highest BCUT2D eigenvalue weighted by molar-refractivity contribution is 6.04. The Kier molecular flexibility index (Phi) is 4.60. The Morgan fingerprint density at radius 1 is 1.28 bits per heavy atom. The number of aromatic nitrogens is 2. The minimum absolute atomic E-state index is 0.0287. The van der Waals surface area contributed by atoms with Crippen molar-refractivity contribution in [2.24, 2.45) is 0 Å². The van der Waals surface area contributed by atoms with E-state index in [1.165, 1.54) is 12.1 Å². The van der Waals surface area contributed by atoms with E-state index in [4.69, 9.17) is 9.26 Å². The minimum Gasteiger partial charge on any atom is -0.462 e. The van der Waals surface area contributed by atoms with Gasteiger partial charge in [0, 0.05) is 5.56 Å². The number of fused-ring (bicyclic) bond motifs is 1. The number of aryl methyl sites for hydroxylation is 1. The van der Waals surface area contributed by atoms with Gasteiger partial charge in [0.15, 0.2) is 0 Å². The van der Waals surface area contributed by atoms with Crippen LogP contribution in [0.1, 0.15) is 23.0 Å². The molecule has 3 rings (SSSR count). The topological polar surface area (TPSA) is 74.5 Å². The van der Waals surface area contributed by atoms with Gasteiger partial charge in [-0.05, 0) is 44.2 Å².